The normalized spacial score (nSPS) is 12.5. The minimum absolute atomic E-state index is 0.152. The molecule has 0 amide bonds. The van der Waals surface area contributed by atoms with Crippen molar-refractivity contribution in [2.45, 2.75) is 52.5 Å². The zero-order chi connectivity index (χ0) is 12.0. The maximum atomic E-state index is 13.5. The number of aryl methyl sites for hydroxylation is 1. The molecule has 0 aliphatic heterocycles. The molecule has 0 saturated carbocycles. The van der Waals surface area contributed by atoms with E-state index in [1.165, 1.54) is 18.9 Å². The van der Waals surface area contributed by atoms with E-state index in [1.54, 1.807) is 6.07 Å². The lowest BCUT2D eigenvalue weighted by Gasteiger charge is -2.18. The topological polar surface area (TPSA) is 12.0 Å². The summed E-state index contributed by atoms with van der Waals surface area (Å²) < 4.78 is 13.5. The highest BCUT2D eigenvalue weighted by atomic mass is 19.1. The summed E-state index contributed by atoms with van der Waals surface area (Å²) >= 11 is 0. The Balaban J connectivity index is 2.65. The van der Waals surface area contributed by atoms with E-state index in [0.717, 1.165) is 18.4 Å². The summed E-state index contributed by atoms with van der Waals surface area (Å²) in [6, 6.07) is 5.60. The number of unbranched alkanes of at least 4 members (excludes halogenated alkanes) is 1. The Labute approximate surface area is 98.1 Å². The van der Waals surface area contributed by atoms with Crippen molar-refractivity contribution in [2.75, 3.05) is 5.32 Å². The molecule has 1 aromatic rings. The van der Waals surface area contributed by atoms with Gasteiger partial charge in [0.25, 0.3) is 0 Å². The quantitative estimate of drug-likeness (QED) is 0.748. The maximum absolute atomic E-state index is 13.5. The molecule has 16 heavy (non-hydrogen) atoms. The lowest BCUT2D eigenvalue weighted by Crippen LogP contribution is -2.19. The number of hydrogen-bond donors (Lipinski definition) is 1. The van der Waals surface area contributed by atoms with Crippen molar-refractivity contribution in [3.05, 3.63) is 29.6 Å². The van der Waals surface area contributed by atoms with Gasteiger partial charge in [0.1, 0.15) is 5.82 Å². The zero-order valence-electron chi connectivity index (χ0n) is 10.5. The van der Waals surface area contributed by atoms with Crippen LogP contribution >= 0.6 is 0 Å². The molecule has 1 unspecified atom stereocenters. The van der Waals surface area contributed by atoms with E-state index in [4.69, 9.17) is 0 Å². The Bertz CT molecular complexity index is 323. The van der Waals surface area contributed by atoms with Gasteiger partial charge in [-0.25, -0.2) is 4.39 Å². The largest absolute Gasteiger partial charge is 0.380 e. The Morgan fingerprint density at radius 2 is 2.06 bits per heavy atom. The lowest BCUT2D eigenvalue weighted by atomic mass is 10.1. The molecule has 0 aromatic heterocycles. The second-order valence-corrected chi connectivity index (χ2v) is 4.38. The molecule has 0 saturated heterocycles. The predicted molar refractivity (Wildman–Crippen MR) is 68.4 cm³/mol. The van der Waals surface area contributed by atoms with Gasteiger partial charge in [-0.1, -0.05) is 32.8 Å². The Kier molecular flexibility index (Phi) is 5.30. The molecule has 1 atom stereocenters. The standard InChI is InChI=1S/C14H22FN/c1-4-6-7-12(5-2)16-14-10-11(3)8-9-13(14)15/h8-10,12,16H,4-7H2,1-3H3. The number of anilines is 1. The molecule has 0 bridgehead atoms. The number of halogens is 1. The second kappa shape index (κ2) is 6.51. The number of hydrogen-bond acceptors (Lipinski definition) is 1. The fourth-order valence-electron chi connectivity index (χ4n) is 1.80. The molecule has 2 heteroatoms. The summed E-state index contributed by atoms with van der Waals surface area (Å²) in [6.07, 6.45) is 4.53. The van der Waals surface area contributed by atoms with Gasteiger partial charge in [0.15, 0.2) is 0 Å². The zero-order valence-corrected chi connectivity index (χ0v) is 10.5. The minimum atomic E-state index is -0.152. The van der Waals surface area contributed by atoms with E-state index in [-0.39, 0.29) is 5.82 Å². The summed E-state index contributed by atoms with van der Waals surface area (Å²) in [6.45, 7) is 6.30. The third kappa shape index (κ3) is 3.84. The van der Waals surface area contributed by atoms with E-state index >= 15 is 0 Å². The van der Waals surface area contributed by atoms with Crippen LogP contribution in [-0.4, -0.2) is 6.04 Å². The van der Waals surface area contributed by atoms with Gasteiger partial charge >= 0.3 is 0 Å². The highest BCUT2D eigenvalue weighted by Gasteiger charge is 2.08. The van der Waals surface area contributed by atoms with Crippen LogP contribution in [0.15, 0.2) is 18.2 Å². The van der Waals surface area contributed by atoms with Crippen molar-refractivity contribution < 1.29 is 4.39 Å². The molecule has 0 aliphatic carbocycles. The summed E-state index contributed by atoms with van der Waals surface area (Å²) in [5, 5.41) is 3.30. The molecule has 0 aliphatic rings. The molecule has 1 nitrogen and oxygen atoms in total. The molecule has 0 heterocycles. The monoisotopic (exact) mass is 223 g/mol. The lowest BCUT2D eigenvalue weighted by molar-refractivity contribution is 0.580. The fourth-order valence-corrected chi connectivity index (χ4v) is 1.80. The predicted octanol–water partition coefficient (Wildman–Crippen LogP) is 4.51. The van der Waals surface area contributed by atoms with E-state index in [9.17, 15) is 4.39 Å². The van der Waals surface area contributed by atoms with Gasteiger partial charge in [0, 0.05) is 6.04 Å². The summed E-state index contributed by atoms with van der Waals surface area (Å²) in [4.78, 5) is 0. The van der Waals surface area contributed by atoms with Crippen LogP contribution in [0.25, 0.3) is 0 Å². The highest BCUT2D eigenvalue weighted by Crippen LogP contribution is 2.19. The second-order valence-electron chi connectivity index (χ2n) is 4.38. The van der Waals surface area contributed by atoms with Crippen LogP contribution in [0.3, 0.4) is 0 Å². The van der Waals surface area contributed by atoms with Crippen LogP contribution in [0.1, 0.15) is 45.1 Å². The van der Waals surface area contributed by atoms with E-state index < -0.39 is 0 Å². The SMILES string of the molecule is CCCCC(CC)Nc1cc(C)ccc1F. The van der Waals surface area contributed by atoms with Gasteiger partial charge in [-0.3, -0.25) is 0 Å². The average molecular weight is 223 g/mol. The fraction of sp³-hybridized carbons (Fsp3) is 0.571. The van der Waals surface area contributed by atoms with Crippen molar-refractivity contribution in [3.8, 4) is 0 Å². The minimum Gasteiger partial charge on any atom is -0.380 e. The number of benzene rings is 1. The van der Waals surface area contributed by atoms with E-state index in [0.29, 0.717) is 11.7 Å². The van der Waals surface area contributed by atoms with Crippen molar-refractivity contribution in [1.82, 2.24) is 0 Å². The van der Waals surface area contributed by atoms with Crippen molar-refractivity contribution in [1.29, 1.82) is 0 Å². The van der Waals surface area contributed by atoms with Gasteiger partial charge < -0.3 is 5.32 Å². The smallest absolute Gasteiger partial charge is 0.146 e. The van der Waals surface area contributed by atoms with Crippen molar-refractivity contribution in [2.24, 2.45) is 0 Å². The summed E-state index contributed by atoms with van der Waals surface area (Å²) in [5.41, 5.74) is 1.73. The Morgan fingerprint density at radius 3 is 2.69 bits per heavy atom. The van der Waals surface area contributed by atoms with Crippen LogP contribution < -0.4 is 5.32 Å². The molecule has 1 rings (SSSR count). The Morgan fingerprint density at radius 1 is 1.31 bits per heavy atom. The van der Waals surface area contributed by atoms with Gasteiger partial charge in [0.05, 0.1) is 5.69 Å². The first kappa shape index (κ1) is 13.0. The average Bonchev–Trinajstić information content (AvgIpc) is 2.28. The molecule has 0 spiro atoms. The summed E-state index contributed by atoms with van der Waals surface area (Å²) in [5.74, 6) is -0.152. The molecule has 0 radical (unpaired) electrons. The van der Waals surface area contributed by atoms with Crippen LogP contribution in [0.2, 0.25) is 0 Å². The number of nitrogens with one attached hydrogen (secondary N) is 1. The summed E-state index contributed by atoms with van der Waals surface area (Å²) in [7, 11) is 0. The van der Waals surface area contributed by atoms with Gasteiger partial charge in [-0.05, 0) is 37.5 Å². The maximum Gasteiger partial charge on any atom is 0.146 e. The first-order chi connectivity index (χ1) is 7.67. The first-order valence-corrected chi connectivity index (χ1v) is 6.20. The van der Waals surface area contributed by atoms with Crippen molar-refractivity contribution in [3.63, 3.8) is 0 Å². The third-order valence-corrected chi connectivity index (χ3v) is 2.88. The van der Waals surface area contributed by atoms with E-state index in [1.807, 2.05) is 13.0 Å². The van der Waals surface area contributed by atoms with Crippen LogP contribution in [0.5, 0.6) is 0 Å². The Hall–Kier alpha value is -1.05. The molecular weight excluding hydrogens is 201 g/mol. The highest BCUT2D eigenvalue weighted by molar-refractivity contribution is 5.47. The van der Waals surface area contributed by atoms with E-state index in [2.05, 4.69) is 19.2 Å². The van der Waals surface area contributed by atoms with Crippen LogP contribution in [0, 0.1) is 12.7 Å². The van der Waals surface area contributed by atoms with Gasteiger partial charge in [-0.15, -0.1) is 0 Å². The first-order valence-electron chi connectivity index (χ1n) is 6.20. The molecule has 0 fully saturated rings. The van der Waals surface area contributed by atoms with Crippen LogP contribution in [0.4, 0.5) is 10.1 Å². The third-order valence-electron chi connectivity index (χ3n) is 2.88. The molecule has 1 N–H and O–H groups in total. The molecule has 1 aromatic carbocycles. The van der Waals surface area contributed by atoms with Gasteiger partial charge in [0.2, 0.25) is 0 Å². The molecule has 90 valence electrons. The molecular formula is C14H22FN. The van der Waals surface area contributed by atoms with Crippen LogP contribution in [-0.2, 0) is 0 Å². The van der Waals surface area contributed by atoms with Crippen molar-refractivity contribution >= 4 is 5.69 Å². The number of rotatable bonds is 6. The van der Waals surface area contributed by atoms with Gasteiger partial charge in [-0.2, -0.15) is 0 Å².